The minimum Gasteiger partial charge on any atom is -0.295 e. The maximum absolute atomic E-state index is 11.2. The van der Waals surface area contributed by atoms with E-state index in [0.717, 1.165) is 31.3 Å². The summed E-state index contributed by atoms with van der Waals surface area (Å²) in [5.74, 6) is 0.375. The Bertz CT molecular complexity index is 156. The predicted molar refractivity (Wildman–Crippen MR) is 41.8 cm³/mol. The third kappa shape index (κ3) is 1.69. The molecular formula is C9H14O. The molecule has 0 radical (unpaired) electrons. The van der Waals surface area contributed by atoms with Crippen LogP contribution in [0.3, 0.4) is 0 Å². The summed E-state index contributed by atoms with van der Waals surface area (Å²) in [5, 5.41) is 0. The van der Waals surface area contributed by atoms with E-state index in [4.69, 9.17) is 0 Å². The summed E-state index contributed by atoms with van der Waals surface area (Å²) in [6.07, 6.45) is 7.15. The monoisotopic (exact) mass is 138 g/mol. The first-order chi connectivity index (χ1) is 4.84. The average Bonchev–Trinajstić information content (AvgIpc) is 2.38. The lowest BCUT2D eigenvalue weighted by atomic mass is 10.1. The van der Waals surface area contributed by atoms with Crippen LogP contribution in [0.5, 0.6) is 0 Å². The van der Waals surface area contributed by atoms with E-state index in [1.54, 1.807) is 0 Å². The number of hydrogen-bond donors (Lipinski definition) is 0. The topological polar surface area (TPSA) is 17.1 Å². The van der Waals surface area contributed by atoms with Crippen molar-refractivity contribution in [2.45, 2.75) is 39.0 Å². The highest BCUT2D eigenvalue weighted by molar-refractivity contribution is 5.95. The minimum absolute atomic E-state index is 0.375. The molecule has 0 heterocycles. The zero-order valence-corrected chi connectivity index (χ0v) is 6.52. The molecule has 1 aliphatic carbocycles. The molecule has 0 bridgehead atoms. The molecular weight excluding hydrogens is 124 g/mol. The van der Waals surface area contributed by atoms with Gasteiger partial charge in [-0.15, -0.1) is 0 Å². The van der Waals surface area contributed by atoms with Crippen LogP contribution in [-0.4, -0.2) is 5.78 Å². The molecule has 10 heavy (non-hydrogen) atoms. The van der Waals surface area contributed by atoms with Crippen LogP contribution in [0, 0.1) is 0 Å². The van der Waals surface area contributed by atoms with Gasteiger partial charge >= 0.3 is 0 Å². The minimum atomic E-state index is 0.375. The molecule has 0 spiro atoms. The summed E-state index contributed by atoms with van der Waals surface area (Å²) in [5.41, 5.74) is 1.09. The molecule has 0 aromatic rings. The fraction of sp³-hybridized carbons (Fsp3) is 0.667. The molecule has 0 aromatic heterocycles. The van der Waals surface area contributed by atoms with Gasteiger partial charge in [-0.05, 0) is 31.3 Å². The smallest absolute Gasteiger partial charge is 0.158 e. The Morgan fingerprint density at radius 2 is 2.50 bits per heavy atom. The summed E-state index contributed by atoms with van der Waals surface area (Å²) in [6, 6.07) is 0. The van der Waals surface area contributed by atoms with Gasteiger partial charge in [-0.2, -0.15) is 0 Å². The van der Waals surface area contributed by atoms with Crippen molar-refractivity contribution in [2.24, 2.45) is 0 Å². The van der Waals surface area contributed by atoms with Gasteiger partial charge in [0.2, 0.25) is 0 Å². The zero-order valence-electron chi connectivity index (χ0n) is 6.52. The number of hydrogen-bond acceptors (Lipinski definition) is 1. The number of allylic oxidation sites excluding steroid dienone is 2. The van der Waals surface area contributed by atoms with E-state index in [-0.39, 0.29) is 0 Å². The first-order valence-corrected chi connectivity index (χ1v) is 4.07. The van der Waals surface area contributed by atoms with Crippen LogP contribution in [0.1, 0.15) is 39.0 Å². The Hall–Kier alpha value is -0.590. The number of ketones is 1. The number of rotatable bonds is 3. The molecule has 0 saturated heterocycles. The van der Waals surface area contributed by atoms with Gasteiger partial charge < -0.3 is 0 Å². The molecule has 0 saturated carbocycles. The second kappa shape index (κ2) is 3.55. The molecule has 56 valence electrons. The summed E-state index contributed by atoms with van der Waals surface area (Å²) in [6.45, 7) is 2.05. The SMILES string of the molecule is CCCC(=O)C1=CCCC1. The molecule has 0 aromatic carbocycles. The molecule has 0 unspecified atom stereocenters. The van der Waals surface area contributed by atoms with Crippen molar-refractivity contribution >= 4 is 5.78 Å². The van der Waals surface area contributed by atoms with Gasteiger partial charge in [-0.1, -0.05) is 13.0 Å². The normalized spacial score (nSPS) is 17.1. The number of carbonyl (C=O) groups excluding carboxylic acids is 1. The summed E-state index contributed by atoms with van der Waals surface area (Å²) in [7, 11) is 0. The van der Waals surface area contributed by atoms with E-state index in [0.29, 0.717) is 5.78 Å². The molecule has 0 N–H and O–H groups in total. The molecule has 0 aliphatic heterocycles. The van der Waals surface area contributed by atoms with Gasteiger partial charge in [0, 0.05) is 6.42 Å². The maximum Gasteiger partial charge on any atom is 0.158 e. The first-order valence-electron chi connectivity index (χ1n) is 4.07. The number of Topliss-reactive ketones (excluding diaryl/α,β-unsaturated/α-hetero) is 1. The zero-order chi connectivity index (χ0) is 7.40. The Morgan fingerprint density at radius 1 is 1.70 bits per heavy atom. The van der Waals surface area contributed by atoms with Gasteiger partial charge in [0.1, 0.15) is 0 Å². The molecule has 0 atom stereocenters. The van der Waals surface area contributed by atoms with E-state index in [2.05, 4.69) is 6.08 Å². The van der Waals surface area contributed by atoms with Crippen molar-refractivity contribution in [3.63, 3.8) is 0 Å². The van der Waals surface area contributed by atoms with Gasteiger partial charge in [-0.25, -0.2) is 0 Å². The summed E-state index contributed by atoms with van der Waals surface area (Å²) in [4.78, 5) is 11.2. The average molecular weight is 138 g/mol. The molecule has 1 rings (SSSR count). The fourth-order valence-corrected chi connectivity index (χ4v) is 1.31. The highest BCUT2D eigenvalue weighted by Gasteiger charge is 2.11. The van der Waals surface area contributed by atoms with Gasteiger partial charge in [0.25, 0.3) is 0 Å². The van der Waals surface area contributed by atoms with Gasteiger partial charge in [0.05, 0.1) is 0 Å². The molecule has 1 heteroatoms. The van der Waals surface area contributed by atoms with E-state index < -0.39 is 0 Å². The number of carbonyl (C=O) groups is 1. The van der Waals surface area contributed by atoms with Crippen LogP contribution in [-0.2, 0) is 4.79 Å². The van der Waals surface area contributed by atoms with Crippen LogP contribution in [0.4, 0.5) is 0 Å². The van der Waals surface area contributed by atoms with Crippen LogP contribution in [0.15, 0.2) is 11.6 Å². The lowest BCUT2D eigenvalue weighted by molar-refractivity contribution is -0.115. The molecule has 1 aliphatic rings. The van der Waals surface area contributed by atoms with Crippen molar-refractivity contribution in [1.82, 2.24) is 0 Å². The maximum atomic E-state index is 11.2. The molecule has 0 fully saturated rings. The van der Waals surface area contributed by atoms with Gasteiger partial charge in [-0.3, -0.25) is 4.79 Å². The lowest BCUT2D eigenvalue weighted by Crippen LogP contribution is -1.98. The second-order valence-electron chi connectivity index (χ2n) is 2.79. The summed E-state index contributed by atoms with van der Waals surface area (Å²) < 4.78 is 0. The predicted octanol–water partition coefficient (Wildman–Crippen LogP) is 2.47. The quantitative estimate of drug-likeness (QED) is 0.585. The third-order valence-electron chi connectivity index (χ3n) is 1.88. The van der Waals surface area contributed by atoms with Crippen molar-refractivity contribution in [2.75, 3.05) is 0 Å². The Kier molecular flexibility index (Phi) is 2.67. The standard InChI is InChI=1S/C9H14O/c1-2-5-9(10)8-6-3-4-7-8/h6H,2-5,7H2,1H3. The second-order valence-corrected chi connectivity index (χ2v) is 2.79. The van der Waals surface area contributed by atoms with E-state index in [1.807, 2.05) is 6.92 Å². The van der Waals surface area contributed by atoms with Crippen molar-refractivity contribution in [3.8, 4) is 0 Å². The van der Waals surface area contributed by atoms with Crippen LogP contribution in [0.2, 0.25) is 0 Å². The highest BCUT2D eigenvalue weighted by atomic mass is 16.1. The van der Waals surface area contributed by atoms with E-state index in [1.165, 1.54) is 6.42 Å². The molecule has 1 nitrogen and oxygen atoms in total. The van der Waals surface area contributed by atoms with Gasteiger partial charge in [0.15, 0.2) is 5.78 Å². The van der Waals surface area contributed by atoms with Crippen LogP contribution >= 0.6 is 0 Å². The molecule has 0 amide bonds. The van der Waals surface area contributed by atoms with Crippen molar-refractivity contribution in [3.05, 3.63) is 11.6 Å². The third-order valence-corrected chi connectivity index (χ3v) is 1.88. The first kappa shape index (κ1) is 7.52. The fourth-order valence-electron chi connectivity index (χ4n) is 1.31. The Morgan fingerprint density at radius 3 is 3.00 bits per heavy atom. The van der Waals surface area contributed by atoms with E-state index >= 15 is 0 Å². The summed E-state index contributed by atoms with van der Waals surface area (Å²) >= 11 is 0. The highest BCUT2D eigenvalue weighted by Crippen LogP contribution is 2.19. The van der Waals surface area contributed by atoms with Crippen molar-refractivity contribution in [1.29, 1.82) is 0 Å². The van der Waals surface area contributed by atoms with Crippen LogP contribution in [0.25, 0.3) is 0 Å². The Labute approximate surface area is 62.1 Å². The van der Waals surface area contributed by atoms with Crippen molar-refractivity contribution < 1.29 is 4.79 Å². The largest absolute Gasteiger partial charge is 0.295 e. The van der Waals surface area contributed by atoms with Crippen LogP contribution < -0.4 is 0 Å². The Balaban J connectivity index is 2.40. The lowest BCUT2D eigenvalue weighted by Gasteiger charge is -1.96. The van der Waals surface area contributed by atoms with E-state index in [9.17, 15) is 4.79 Å².